The lowest BCUT2D eigenvalue weighted by Gasteiger charge is -2.20. The van der Waals surface area contributed by atoms with Crippen LogP contribution in [0.1, 0.15) is 16.7 Å². The normalized spacial score (nSPS) is 17.4. The number of amidine groups is 2. The summed E-state index contributed by atoms with van der Waals surface area (Å²) in [7, 11) is 0. The molecule has 9 heteroatoms. The van der Waals surface area contributed by atoms with E-state index in [2.05, 4.69) is 10.1 Å². The van der Waals surface area contributed by atoms with Gasteiger partial charge < -0.3 is 14.2 Å². The van der Waals surface area contributed by atoms with Gasteiger partial charge in [0.15, 0.2) is 17.3 Å². The Kier molecular flexibility index (Phi) is 5.31. The number of nitrogens with one attached hydrogen (secondary N) is 1. The number of benzene rings is 3. The van der Waals surface area contributed by atoms with E-state index in [1.165, 1.54) is 16.8 Å². The highest BCUT2D eigenvalue weighted by Gasteiger charge is 2.36. The fourth-order valence-corrected chi connectivity index (χ4v) is 4.59. The number of hydrogen-bond donors (Lipinski definition) is 1. The van der Waals surface area contributed by atoms with Crippen molar-refractivity contribution in [1.29, 1.82) is 5.41 Å². The number of carbonyl (C=O) groups is 1. The minimum atomic E-state index is -0.472. The Bertz CT molecular complexity index is 1430. The van der Waals surface area contributed by atoms with Crippen LogP contribution in [0.25, 0.3) is 6.08 Å². The fraction of sp³-hybridized carbons (Fsp3) is 0.0769. The summed E-state index contributed by atoms with van der Waals surface area (Å²) >= 11 is 1.24. The molecule has 0 aromatic heterocycles. The van der Waals surface area contributed by atoms with Crippen LogP contribution in [0.15, 0.2) is 88.5 Å². The van der Waals surface area contributed by atoms with Crippen molar-refractivity contribution in [3.63, 3.8) is 0 Å². The van der Waals surface area contributed by atoms with Crippen molar-refractivity contribution in [1.82, 2.24) is 5.01 Å². The van der Waals surface area contributed by atoms with E-state index in [-0.39, 0.29) is 18.2 Å². The molecular weight excluding hydrogens is 464 g/mol. The van der Waals surface area contributed by atoms with Crippen LogP contribution < -0.4 is 14.2 Å². The zero-order valence-corrected chi connectivity index (χ0v) is 19.1. The summed E-state index contributed by atoms with van der Waals surface area (Å²) in [6.45, 7) is 0.656. The minimum absolute atomic E-state index is 0.0207. The summed E-state index contributed by atoms with van der Waals surface area (Å²) in [5.41, 5.74) is 2.81. The van der Waals surface area contributed by atoms with Gasteiger partial charge >= 0.3 is 0 Å². The highest BCUT2D eigenvalue weighted by Crippen LogP contribution is 2.36. The molecule has 0 unspecified atom stereocenters. The molecule has 0 fully saturated rings. The molecule has 3 aromatic rings. The molecule has 0 bridgehead atoms. The van der Waals surface area contributed by atoms with Gasteiger partial charge in [0.05, 0.1) is 5.57 Å². The van der Waals surface area contributed by atoms with Gasteiger partial charge in [-0.1, -0.05) is 42.5 Å². The summed E-state index contributed by atoms with van der Waals surface area (Å²) in [4.78, 5) is 16.9. The lowest BCUT2D eigenvalue weighted by Crippen LogP contribution is -2.35. The molecule has 0 saturated carbocycles. The summed E-state index contributed by atoms with van der Waals surface area (Å²) in [5, 5.41) is 15.5. The molecule has 3 aromatic carbocycles. The predicted molar refractivity (Wildman–Crippen MR) is 134 cm³/mol. The quantitative estimate of drug-likeness (QED) is 0.532. The maximum absolute atomic E-state index is 12.7. The number of aliphatic imine (C=N–C) groups is 1. The zero-order valence-electron chi connectivity index (χ0n) is 18.3. The first-order valence-corrected chi connectivity index (χ1v) is 11.6. The Morgan fingerprint density at radius 2 is 1.83 bits per heavy atom. The Labute approximate surface area is 205 Å². The topological polar surface area (TPSA) is 96.6 Å². The molecule has 0 radical (unpaired) electrons. The lowest BCUT2D eigenvalue weighted by atomic mass is 10.1. The first-order chi connectivity index (χ1) is 17.1. The summed E-state index contributed by atoms with van der Waals surface area (Å²) in [6, 6.07) is 22.8. The van der Waals surface area contributed by atoms with Crippen molar-refractivity contribution < 1.29 is 19.0 Å². The third-order valence-corrected chi connectivity index (χ3v) is 6.47. The van der Waals surface area contributed by atoms with Crippen LogP contribution in [0, 0.1) is 5.41 Å². The molecular formula is C26H18N4O4S. The molecule has 3 aliphatic rings. The molecule has 8 nitrogen and oxygen atoms in total. The second-order valence-electron chi connectivity index (χ2n) is 7.84. The SMILES string of the molecule is N=C1C(=Cc2ccc(OCc3ccccc3)cc2)C(=O)N=C2SC(c3ccc4c(c3)OCO4)=NN12. The number of nitrogens with zero attached hydrogens (tertiary/aromatic N) is 3. The van der Waals surface area contributed by atoms with E-state index in [0.29, 0.717) is 28.3 Å². The van der Waals surface area contributed by atoms with Gasteiger partial charge in [0.1, 0.15) is 17.4 Å². The van der Waals surface area contributed by atoms with Crippen LogP contribution >= 0.6 is 11.8 Å². The molecule has 3 heterocycles. The number of fused-ring (bicyclic) bond motifs is 2. The van der Waals surface area contributed by atoms with Gasteiger partial charge in [0.25, 0.3) is 5.91 Å². The second kappa shape index (κ2) is 8.77. The fourth-order valence-electron chi connectivity index (χ4n) is 3.71. The van der Waals surface area contributed by atoms with Crippen LogP contribution in [0.5, 0.6) is 17.2 Å². The van der Waals surface area contributed by atoms with E-state index in [4.69, 9.17) is 19.6 Å². The molecule has 3 aliphatic heterocycles. The van der Waals surface area contributed by atoms with Crippen LogP contribution in [-0.4, -0.2) is 33.8 Å². The van der Waals surface area contributed by atoms with Crippen molar-refractivity contribution in [3.8, 4) is 17.2 Å². The van der Waals surface area contributed by atoms with Crippen molar-refractivity contribution in [2.45, 2.75) is 6.61 Å². The lowest BCUT2D eigenvalue weighted by molar-refractivity contribution is -0.114. The minimum Gasteiger partial charge on any atom is -0.489 e. The molecule has 1 amide bonds. The first-order valence-electron chi connectivity index (χ1n) is 10.8. The third-order valence-electron chi connectivity index (χ3n) is 5.51. The summed E-state index contributed by atoms with van der Waals surface area (Å²) in [6.07, 6.45) is 1.64. The van der Waals surface area contributed by atoms with E-state index in [1.54, 1.807) is 6.08 Å². The van der Waals surface area contributed by atoms with Crippen molar-refractivity contribution >= 4 is 39.8 Å². The van der Waals surface area contributed by atoms with Crippen LogP contribution in [0.2, 0.25) is 0 Å². The molecule has 172 valence electrons. The number of thioether (sulfide) groups is 1. The number of amides is 1. The van der Waals surface area contributed by atoms with Gasteiger partial charge in [0, 0.05) is 5.56 Å². The maximum atomic E-state index is 12.7. The number of rotatable bonds is 5. The Morgan fingerprint density at radius 1 is 1.03 bits per heavy atom. The van der Waals surface area contributed by atoms with Gasteiger partial charge in [-0.25, -0.2) is 0 Å². The number of hydrogen-bond acceptors (Lipinski definition) is 7. The van der Waals surface area contributed by atoms with Gasteiger partial charge in [-0.2, -0.15) is 15.1 Å². The van der Waals surface area contributed by atoms with Crippen molar-refractivity contribution in [2.75, 3.05) is 6.79 Å². The van der Waals surface area contributed by atoms with E-state index < -0.39 is 5.91 Å². The molecule has 0 saturated heterocycles. The van der Waals surface area contributed by atoms with Crippen molar-refractivity contribution in [3.05, 3.63) is 95.1 Å². The summed E-state index contributed by atoms with van der Waals surface area (Å²) < 4.78 is 16.6. The highest BCUT2D eigenvalue weighted by molar-refractivity contribution is 8.27. The second-order valence-corrected chi connectivity index (χ2v) is 8.79. The smallest absolute Gasteiger partial charge is 0.283 e. The Hall–Kier alpha value is -4.37. The molecule has 0 spiro atoms. The highest BCUT2D eigenvalue weighted by atomic mass is 32.2. The van der Waals surface area contributed by atoms with Gasteiger partial charge in [-0.15, -0.1) is 0 Å². The van der Waals surface area contributed by atoms with Gasteiger partial charge in [-0.05, 0) is 59.3 Å². The average Bonchev–Trinajstić information content (AvgIpc) is 3.53. The van der Waals surface area contributed by atoms with Crippen molar-refractivity contribution in [2.24, 2.45) is 10.1 Å². The van der Waals surface area contributed by atoms with E-state index in [0.717, 1.165) is 22.4 Å². The number of hydrazone groups is 1. The summed E-state index contributed by atoms with van der Waals surface area (Å²) in [5.74, 6) is 1.54. The van der Waals surface area contributed by atoms with Gasteiger partial charge in [-0.3, -0.25) is 10.2 Å². The molecule has 35 heavy (non-hydrogen) atoms. The zero-order chi connectivity index (χ0) is 23.8. The molecule has 1 N–H and O–H groups in total. The maximum Gasteiger partial charge on any atom is 0.283 e. The van der Waals surface area contributed by atoms with E-state index in [9.17, 15) is 4.79 Å². The van der Waals surface area contributed by atoms with Gasteiger partial charge in [0.2, 0.25) is 12.0 Å². The largest absolute Gasteiger partial charge is 0.489 e. The first kappa shape index (κ1) is 21.2. The standard InChI is InChI=1S/C26H18N4O4S/c27-23-20(12-16-6-9-19(10-7-16)32-14-17-4-2-1-3-5-17)24(31)28-26-30(23)29-25(35-26)18-8-11-21-22(13-18)34-15-33-21/h1-13,27H,14-15H2. The number of carbonyl (C=O) groups excluding carboxylic acids is 1. The van der Waals surface area contributed by atoms with E-state index >= 15 is 0 Å². The van der Waals surface area contributed by atoms with Crippen LogP contribution in [-0.2, 0) is 11.4 Å². The van der Waals surface area contributed by atoms with E-state index in [1.807, 2.05) is 72.8 Å². The Morgan fingerprint density at radius 3 is 2.66 bits per heavy atom. The van der Waals surface area contributed by atoms with Crippen LogP contribution in [0.3, 0.4) is 0 Å². The average molecular weight is 483 g/mol. The Balaban J connectivity index is 1.19. The number of ether oxygens (including phenoxy) is 3. The molecule has 0 aliphatic carbocycles. The monoisotopic (exact) mass is 482 g/mol. The molecule has 6 rings (SSSR count). The van der Waals surface area contributed by atoms with Crippen LogP contribution in [0.4, 0.5) is 0 Å². The third kappa shape index (κ3) is 4.17. The molecule has 0 atom stereocenters. The predicted octanol–water partition coefficient (Wildman–Crippen LogP) is 4.66.